The maximum absolute atomic E-state index is 12.5. The number of aliphatic carboxylic acids is 1. The summed E-state index contributed by atoms with van der Waals surface area (Å²) in [5.41, 5.74) is 2.19. The van der Waals surface area contributed by atoms with Crippen LogP contribution in [0.3, 0.4) is 0 Å². The van der Waals surface area contributed by atoms with Crippen molar-refractivity contribution < 1.29 is 19.5 Å². The molecule has 3 rings (SSSR count). The number of fused-ring (bicyclic) bond motifs is 1. The van der Waals surface area contributed by atoms with E-state index in [1.54, 1.807) is 10.9 Å². The van der Waals surface area contributed by atoms with Crippen LogP contribution >= 0.6 is 21.6 Å². The Hall–Kier alpha value is -2.46. The summed E-state index contributed by atoms with van der Waals surface area (Å²) >= 11 is 0. The van der Waals surface area contributed by atoms with Crippen LogP contribution in [-0.4, -0.2) is 62.2 Å². The molecule has 148 valence electrons. The lowest BCUT2D eigenvalue weighted by atomic mass is 10.2. The molecule has 8 nitrogen and oxygen atoms in total. The lowest BCUT2D eigenvalue weighted by molar-refractivity contribution is -0.136. The third-order valence-corrected chi connectivity index (χ3v) is 6.46. The van der Waals surface area contributed by atoms with Crippen molar-refractivity contribution in [2.45, 2.75) is 13.0 Å². The van der Waals surface area contributed by atoms with E-state index in [-0.39, 0.29) is 24.8 Å². The van der Waals surface area contributed by atoms with E-state index in [1.807, 2.05) is 30.3 Å². The number of para-hydroxylation sites is 1. The second kappa shape index (κ2) is 9.65. The van der Waals surface area contributed by atoms with Gasteiger partial charge in [0.05, 0.1) is 36.1 Å². The highest BCUT2D eigenvalue weighted by molar-refractivity contribution is 8.76. The molecule has 0 spiro atoms. The van der Waals surface area contributed by atoms with Crippen LogP contribution in [0.5, 0.6) is 0 Å². The molecular weight excluding hydrogens is 400 g/mol. The van der Waals surface area contributed by atoms with E-state index >= 15 is 0 Å². The zero-order chi connectivity index (χ0) is 19.9. The summed E-state index contributed by atoms with van der Waals surface area (Å²) in [6, 6.07) is 9.56. The number of carboxylic acids is 1. The summed E-state index contributed by atoms with van der Waals surface area (Å²) in [6.45, 7) is 0.811. The first-order chi connectivity index (χ1) is 13.6. The van der Waals surface area contributed by atoms with Gasteiger partial charge < -0.3 is 15.3 Å². The zero-order valence-electron chi connectivity index (χ0n) is 15.0. The third kappa shape index (κ3) is 5.08. The Labute approximate surface area is 170 Å². The van der Waals surface area contributed by atoms with Crippen LogP contribution in [0, 0.1) is 0 Å². The number of rotatable bonds is 10. The molecule has 2 aromatic rings. The van der Waals surface area contributed by atoms with E-state index < -0.39 is 5.97 Å². The Kier molecular flexibility index (Phi) is 6.99. The standard InChI is InChI=1S/C18H20N4O4S2/c23-16(19-7-9-28-27-8-6-17(24)25)12-21-11-15-14(18(21)26)10-20-22(15)13-4-2-1-3-5-13/h1-5,10H,6-9,11-12H2,(H,19,23)(H,24,25). The van der Waals surface area contributed by atoms with Crippen molar-refractivity contribution in [2.24, 2.45) is 0 Å². The van der Waals surface area contributed by atoms with E-state index in [1.165, 1.54) is 26.5 Å². The maximum atomic E-state index is 12.5. The van der Waals surface area contributed by atoms with Gasteiger partial charge in [-0.05, 0) is 12.1 Å². The number of carbonyl (C=O) groups is 3. The smallest absolute Gasteiger partial charge is 0.304 e. The van der Waals surface area contributed by atoms with Crippen molar-refractivity contribution in [1.82, 2.24) is 20.0 Å². The summed E-state index contributed by atoms with van der Waals surface area (Å²) in [6.07, 6.45) is 1.68. The zero-order valence-corrected chi connectivity index (χ0v) is 16.7. The number of nitrogens with zero attached hydrogens (tertiary/aromatic N) is 3. The van der Waals surface area contributed by atoms with Gasteiger partial charge in [0.2, 0.25) is 5.91 Å². The lowest BCUT2D eigenvalue weighted by Crippen LogP contribution is -2.38. The summed E-state index contributed by atoms with van der Waals surface area (Å²) in [7, 11) is 2.99. The molecule has 0 aliphatic carbocycles. The van der Waals surface area contributed by atoms with Crippen LogP contribution < -0.4 is 5.32 Å². The van der Waals surface area contributed by atoms with Crippen LogP contribution in [0.2, 0.25) is 0 Å². The molecule has 0 saturated heterocycles. The van der Waals surface area contributed by atoms with Gasteiger partial charge in [-0.15, -0.1) is 0 Å². The number of amides is 2. The summed E-state index contributed by atoms with van der Waals surface area (Å²) in [5.74, 6) is -0.00653. The second-order valence-corrected chi connectivity index (χ2v) is 8.75. The summed E-state index contributed by atoms with van der Waals surface area (Å²) in [4.78, 5) is 36.6. The summed E-state index contributed by atoms with van der Waals surface area (Å²) < 4.78 is 1.73. The molecule has 28 heavy (non-hydrogen) atoms. The van der Waals surface area contributed by atoms with Crippen molar-refractivity contribution >= 4 is 39.4 Å². The molecule has 1 aromatic heterocycles. The Bertz CT molecular complexity index is 857. The van der Waals surface area contributed by atoms with Crippen LogP contribution in [0.1, 0.15) is 22.5 Å². The highest BCUT2D eigenvalue weighted by Gasteiger charge is 2.32. The molecule has 0 bridgehead atoms. The Balaban J connectivity index is 1.44. The minimum absolute atomic E-state index is 0.000866. The maximum Gasteiger partial charge on any atom is 0.304 e. The molecule has 0 radical (unpaired) electrons. The highest BCUT2D eigenvalue weighted by Crippen LogP contribution is 2.25. The molecule has 0 fully saturated rings. The molecule has 1 aliphatic heterocycles. The first-order valence-corrected chi connectivity index (χ1v) is 11.2. The normalized spacial score (nSPS) is 12.9. The number of carbonyl (C=O) groups excluding carboxylic acids is 2. The largest absolute Gasteiger partial charge is 0.481 e. The fraction of sp³-hybridized carbons (Fsp3) is 0.333. The molecular formula is C18H20N4O4S2. The predicted octanol–water partition coefficient (Wildman–Crippen LogP) is 1.80. The Morgan fingerprint density at radius 3 is 2.68 bits per heavy atom. The Morgan fingerprint density at radius 2 is 1.93 bits per heavy atom. The van der Waals surface area contributed by atoms with Crippen molar-refractivity contribution in [2.75, 3.05) is 24.6 Å². The van der Waals surface area contributed by atoms with Gasteiger partial charge in [-0.3, -0.25) is 14.4 Å². The monoisotopic (exact) mass is 420 g/mol. The van der Waals surface area contributed by atoms with Gasteiger partial charge in [0.1, 0.15) is 6.54 Å². The summed E-state index contributed by atoms with van der Waals surface area (Å²) in [5, 5.41) is 15.6. The molecule has 0 unspecified atom stereocenters. The van der Waals surface area contributed by atoms with Crippen molar-refractivity contribution in [3.63, 3.8) is 0 Å². The second-order valence-electron chi connectivity index (χ2n) is 6.05. The fourth-order valence-corrected chi connectivity index (χ4v) is 4.64. The van der Waals surface area contributed by atoms with Gasteiger partial charge in [-0.2, -0.15) is 5.10 Å². The molecule has 0 saturated carbocycles. The molecule has 2 N–H and O–H groups in total. The van der Waals surface area contributed by atoms with E-state index in [0.717, 1.165) is 11.4 Å². The average molecular weight is 421 g/mol. The van der Waals surface area contributed by atoms with Crippen molar-refractivity contribution in [1.29, 1.82) is 0 Å². The quantitative estimate of drug-likeness (QED) is 0.446. The van der Waals surface area contributed by atoms with Crippen molar-refractivity contribution in [3.8, 4) is 5.69 Å². The van der Waals surface area contributed by atoms with Gasteiger partial charge in [0.15, 0.2) is 0 Å². The average Bonchev–Trinajstić information content (AvgIpc) is 3.22. The number of hydrogen-bond acceptors (Lipinski definition) is 6. The van der Waals surface area contributed by atoms with Gasteiger partial charge in [0, 0.05) is 18.1 Å². The fourth-order valence-electron chi connectivity index (χ4n) is 2.76. The predicted molar refractivity (Wildman–Crippen MR) is 108 cm³/mol. The SMILES string of the molecule is O=C(O)CCSSCCNC(=O)CN1Cc2c(cnn2-c2ccccc2)C1=O. The molecule has 1 aliphatic rings. The van der Waals surface area contributed by atoms with Gasteiger partial charge in [0.25, 0.3) is 5.91 Å². The minimum atomic E-state index is -0.812. The van der Waals surface area contributed by atoms with E-state index in [2.05, 4.69) is 10.4 Å². The number of nitrogens with one attached hydrogen (secondary N) is 1. The molecule has 10 heteroatoms. The van der Waals surface area contributed by atoms with Gasteiger partial charge in [-0.25, -0.2) is 4.68 Å². The Morgan fingerprint density at radius 1 is 1.18 bits per heavy atom. The highest BCUT2D eigenvalue weighted by atomic mass is 33.1. The topological polar surface area (TPSA) is 105 Å². The molecule has 1 aromatic carbocycles. The van der Waals surface area contributed by atoms with Crippen LogP contribution in [0.4, 0.5) is 0 Å². The van der Waals surface area contributed by atoms with Gasteiger partial charge in [-0.1, -0.05) is 39.8 Å². The van der Waals surface area contributed by atoms with E-state index in [9.17, 15) is 14.4 Å². The van der Waals surface area contributed by atoms with Gasteiger partial charge >= 0.3 is 5.97 Å². The number of aromatic nitrogens is 2. The third-order valence-electron chi connectivity index (χ3n) is 4.05. The van der Waals surface area contributed by atoms with E-state index in [4.69, 9.17) is 5.11 Å². The molecule has 2 heterocycles. The van der Waals surface area contributed by atoms with Crippen LogP contribution in [0.25, 0.3) is 5.69 Å². The van der Waals surface area contributed by atoms with Crippen molar-refractivity contribution in [3.05, 3.63) is 47.8 Å². The number of benzene rings is 1. The molecule has 0 atom stereocenters. The van der Waals surface area contributed by atoms with Crippen LogP contribution in [-0.2, 0) is 16.1 Å². The first-order valence-electron chi connectivity index (χ1n) is 8.71. The molecule has 2 amide bonds. The first kappa shape index (κ1) is 20.3. The number of hydrogen-bond donors (Lipinski definition) is 2. The lowest BCUT2D eigenvalue weighted by Gasteiger charge is -2.16. The van der Waals surface area contributed by atoms with Crippen LogP contribution in [0.15, 0.2) is 36.5 Å². The number of carboxylic acid groups (broad SMARTS) is 1. The van der Waals surface area contributed by atoms with E-state index in [0.29, 0.717) is 30.2 Å². The minimum Gasteiger partial charge on any atom is -0.481 e.